The van der Waals surface area contributed by atoms with Gasteiger partial charge in [0.1, 0.15) is 0 Å². The number of aliphatic hydroxyl groups excluding tert-OH is 1. The molecule has 2 aromatic carbocycles. The van der Waals surface area contributed by atoms with E-state index in [1.807, 2.05) is 30.5 Å². The Labute approximate surface area is 185 Å². The smallest absolute Gasteiger partial charge is 0.337 e. The molecule has 164 valence electrons. The first-order chi connectivity index (χ1) is 15.5. The summed E-state index contributed by atoms with van der Waals surface area (Å²) < 4.78 is 4.74. The highest BCUT2D eigenvalue weighted by molar-refractivity contribution is 6.08. The van der Waals surface area contributed by atoms with Crippen LogP contribution in [0.1, 0.15) is 40.9 Å². The molecule has 1 aliphatic rings. The van der Waals surface area contributed by atoms with Gasteiger partial charge in [-0.25, -0.2) is 4.79 Å². The minimum absolute atomic E-state index is 0.0993. The van der Waals surface area contributed by atoms with Crippen LogP contribution in [0.15, 0.2) is 66.1 Å². The van der Waals surface area contributed by atoms with Crippen molar-refractivity contribution in [2.24, 2.45) is 0 Å². The molecule has 0 fully saturated rings. The minimum Gasteiger partial charge on any atom is -0.503 e. The van der Waals surface area contributed by atoms with E-state index in [2.05, 4.69) is 4.98 Å². The van der Waals surface area contributed by atoms with Gasteiger partial charge in [0.05, 0.1) is 24.3 Å². The van der Waals surface area contributed by atoms with Gasteiger partial charge in [-0.1, -0.05) is 37.3 Å². The van der Waals surface area contributed by atoms with Gasteiger partial charge in [0.25, 0.3) is 5.91 Å². The number of aromatic nitrogens is 1. The van der Waals surface area contributed by atoms with E-state index in [0.717, 1.165) is 16.5 Å². The second-order valence-corrected chi connectivity index (χ2v) is 7.66. The highest BCUT2D eigenvalue weighted by Crippen LogP contribution is 2.38. The lowest BCUT2D eigenvalue weighted by Crippen LogP contribution is -2.33. The Balaban J connectivity index is 1.67. The number of methoxy groups -OCH3 is 1. The summed E-state index contributed by atoms with van der Waals surface area (Å²) in [5.41, 5.74) is 3.16. The second kappa shape index (κ2) is 8.70. The van der Waals surface area contributed by atoms with Crippen LogP contribution < -0.4 is 0 Å². The molecule has 0 radical (unpaired) electrons. The Morgan fingerprint density at radius 1 is 1.12 bits per heavy atom. The number of nitrogens with zero attached hydrogens (tertiary/aromatic N) is 1. The number of para-hydroxylation sites is 1. The Morgan fingerprint density at radius 3 is 2.53 bits per heavy atom. The molecule has 1 aromatic heterocycles. The number of hydrogen-bond donors (Lipinski definition) is 2. The molecule has 0 saturated heterocycles. The molecule has 1 unspecified atom stereocenters. The van der Waals surface area contributed by atoms with Gasteiger partial charge in [-0.05, 0) is 35.7 Å². The molecule has 3 aromatic rings. The molecule has 0 saturated carbocycles. The molecule has 0 bridgehead atoms. The fraction of sp³-hybridized carbons (Fsp3) is 0.240. The predicted molar refractivity (Wildman–Crippen MR) is 119 cm³/mol. The minimum atomic E-state index is -0.716. The van der Waals surface area contributed by atoms with Gasteiger partial charge in [0, 0.05) is 30.1 Å². The van der Waals surface area contributed by atoms with Gasteiger partial charge < -0.3 is 19.7 Å². The molecule has 1 atom stereocenters. The third kappa shape index (κ3) is 3.66. The summed E-state index contributed by atoms with van der Waals surface area (Å²) >= 11 is 0. The van der Waals surface area contributed by atoms with Crippen molar-refractivity contribution < 1.29 is 24.2 Å². The average molecular weight is 432 g/mol. The van der Waals surface area contributed by atoms with E-state index in [0.29, 0.717) is 24.1 Å². The standard InChI is InChI=1S/C25H24N2O5/c1-3-20(28)21-22(15-8-10-16(11-9-15)25(31)32-2)27(24(30)23(21)29)13-12-17-14-26-19-7-5-4-6-18(17)19/h4-11,14,22,26,29H,3,12-13H2,1-2H3. The number of aliphatic hydroxyl groups is 1. The maximum atomic E-state index is 12.9. The number of ketones is 1. The van der Waals surface area contributed by atoms with E-state index in [-0.39, 0.29) is 17.8 Å². The van der Waals surface area contributed by atoms with Crippen LogP contribution in [0, 0.1) is 0 Å². The van der Waals surface area contributed by atoms with E-state index in [9.17, 15) is 19.5 Å². The third-order valence-electron chi connectivity index (χ3n) is 5.87. The third-order valence-corrected chi connectivity index (χ3v) is 5.87. The summed E-state index contributed by atoms with van der Waals surface area (Å²) in [6.07, 6.45) is 2.63. The summed E-state index contributed by atoms with van der Waals surface area (Å²) in [6, 6.07) is 13.7. The van der Waals surface area contributed by atoms with E-state index < -0.39 is 23.7 Å². The fourth-order valence-electron chi connectivity index (χ4n) is 4.20. The number of aromatic amines is 1. The molecule has 1 aliphatic heterocycles. The van der Waals surface area contributed by atoms with Crippen LogP contribution in [0.5, 0.6) is 0 Å². The number of nitrogens with one attached hydrogen (secondary N) is 1. The quantitative estimate of drug-likeness (QED) is 0.552. The topological polar surface area (TPSA) is 99.7 Å². The normalized spacial score (nSPS) is 16.1. The van der Waals surface area contributed by atoms with Gasteiger partial charge in [0.15, 0.2) is 11.5 Å². The highest BCUT2D eigenvalue weighted by atomic mass is 16.5. The zero-order chi connectivity index (χ0) is 22.8. The van der Waals surface area contributed by atoms with Crippen LogP contribution in [-0.4, -0.2) is 46.3 Å². The number of rotatable bonds is 7. The molecular formula is C25H24N2O5. The molecule has 2 N–H and O–H groups in total. The van der Waals surface area contributed by atoms with Crippen molar-refractivity contribution in [2.45, 2.75) is 25.8 Å². The van der Waals surface area contributed by atoms with Crippen LogP contribution >= 0.6 is 0 Å². The summed E-state index contributed by atoms with van der Waals surface area (Å²) in [7, 11) is 1.30. The fourth-order valence-corrected chi connectivity index (χ4v) is 4.20. The number of hydrogen-bond acceptors (Lipinski definition) is 5. The molecule has 0 spiro atoms. The lowest BCUT2D eigenvalue weighted by atomic mass is 9.94. The summed E-state index contributed by atoms with van der Waals surface area (Å²) in [6.45, 7) is 2.01. The molecule has 2 heterocycles. The van der Waals surface area contributed by atoms with Crippen molar-refractivity contribution in [1.82, 2.24) is 9.88 Å². The van der Waals surface area contributed by atoms with Gasteiger partial charge in [-0.15, -0.1) is 0 Å². The Bertz CT molecular complexity index is 1220. The predicted octanol–water partition coefficient (Wildman–Crippen LogP) is 3.87. The average Bonchev–Trinajstić information content (AvgIpc) is 3.35. The number of Topliss-reactive ketones (excluding diaryl/α,β-unsaturated/α-hetero) is 1. The Kier molecular flexibility index (Phi) is 5.81. The Hall–Kier alpha value is -3.87. The first kappa shape index (κ1) is 21.4. The number of fused-ring (bicyclic) bond motifs is 1. The molecule has 0 aliphatic carbocycles. The van der Waals surface area contributed by atoms with Crippen LogP contribution in [0.3, 0.4) is 0 Å². The van der Waals surface area contributed by atoms with Crippen LogP contribution in [-0.2, 0) is 20.7 Å². The SMILES string of the molecule is CCC(=O)C1=C(O)C(=O)N(CCc2c[nH]c3ccccc23)C1c1ccc(C(=O)OC)cc1. The second-order valence-electron chi connectivity index (χ2n) is 7.66. The maximum Gasteiger partial charge on any atom is 0.337 e. The van der Waals surface area contributed by atoms with Gasteiger partial charge in [-0.2, -0.15) is 0 Å². The van der Waals surface area contributed by atoms with Gasteiger partial charge in [0.2, 0.25) is 0 Å². The van der Waals surface area contributed by atoms with E-state index in [1.165, 1.54) is 12.0 Å². The molecule has 7 heteroatoms. The largest absolute Gasteiger partial charge is 0.503 e. The van der Waals surface area contributed by atoms with Crippen molar-refractivity contribution in [1.29, 1.82) is 0 Å². The summed E-state index contributed by atoms with van der Waals surface area (Å²) in [5, 5.41) is 11.6. The molecule has 1 amide bonds. The summed E-state index contributed by atoms with van der Waals surface area (Å²) in [4.78, 5) is 42.1. The van der Waals surface area contributed by atoms with Gasteiger partial charge >= 0.3 is 5.97 Å². The number of benzene rings is 2. The number of carbonyl (C=O) groups is 3. The highest BCUT2D eigenvalue weighted by Gasteiger charge is 2.42. The molecule has 7 nitrogen and oxygen atoms in total. The zero-order valence-electron chi connectivity index (χ0n) is 17.9. The van der Waals surface area contributed by atoms with Crippen LogP contribution in [0.2, 0.25) is 0 Å². The number of amides is 1. The van der Waals surface area contributed by atoms with Crippen LogP contribution in [0.25, 0.3) is 10.9 Å². The van der Waals surface area contributed by atoms with E-state index >= 15 is 0 Å². The summed E-state index contributed by atoms with van der Waals surface area (Å²) in [5.74, 6) is -1.83. The number of H-pyrrole nitrogens is 1. The van der Waals surface area contributed by atoms with E-state index in [4.69, 9.17) is 4.74 Å². The maximum absolute atomic E-state index is 12.9. The van der Waals surface area contributed by atoms with Crippen molar-refractivity contribution in [3.05, 3.63) is 82.8 Å². The van der Waals surface area contributed by atoms with E-state index in [1.54, 1.807) is 31.2 Å². The number of carbonyl (C=O) groups excluding carboxylic acids is 3. The van der Waals surface area contributed by atoms with Gasteiger partial charge in [-0.3, -0.25) is 9.59 Å². The number of ether oxygens (including phenoxy) is 1. The first-order valence-corrected chi connectivity index (χ1v) is 10.5. The first-order valence-electron chi connectivity index (χ1n) is 10.5. The number of esters is 1. The van der Waals surface area contributed by atoms with Crippen LogP contribution in [0.4, 0.5) is 0 Å². The monoisotopic (exact) mass is 432 g/mol. The molecule has 32 heavy (non-hydrogen) atoms. The van der Waals surface area contributed by atoms with Crippen molar-refractivity contribution in [3.8, 4) is 0 Å². The molecule has 4 rings (SSSR count). The zero-order valence-corrected chi connectivity index (χ0v) is 17.9. The van der Waals surface area contributed by atoms with Crippen molar-refractivity contribution in [2.75, 3.05) is 13.7 Å². The Morgan fingerprint density at radius 2 is 1.84 bits per heavy atom. The van der Waals surface area contributed by atoms with Crippen molar-refractivity contribution in [3.63, 3.8) is 0 Å². The molecular weight excluding hydrogens is 408 g/mol. The van der Waals surface area contributed by atoms with Crippen molar-refractivity contribution >= 4 is 28.6 Å². The lowest BCUT2D eigenvalue weighted by molar-refractivity contribution is -0.129. The lowest BCUT2D eigenvalue weighted by Gasteiger charge is -2.27.